The van der Waals surface area contributed by atoms with Crippen LogP contribution >= 0.6 is 11.6 Å². The van der Waals surface area contributed by atoms with Gasteiger partial charge in [-0.1, -0.05) is 11.6 Å². The molecule has 82 valence electrons. The van der Waals surface area contributed by atoms with Gasteiger partial charge in [-0.25, -0.2) is 4.39 Å². The highest BCUT2D eigenvalue weighted by atomic mass is 35.5. The molecule has 0 radical (unpaired) electrons. The number of rotatable bonds is 2. The van der Waals surface area contributed by atoms with Crippen LogP contribution in [0.15, 0.2) is 18.2 Å². The Balaban J connectivity index is 2.17. The van der Waals surface area contributed by atoms with Gasteiger partial charge in [-0.15, -0.1) is 0 Å². The van der Waals surface area contributed by atoms with E-state index in [0.717, 1.165) is 0 Å². The molecule has 0 amide bonds. The molecule has 0 bridgehead atoms. The highest BCUT2D eigenvalue weighted by molar-refractivity contribution is 6.31. The Morgan fingerprint density at radius 2 is 2.33 bits per heavy atom. The van der Waals surface area contributed by atoms with Gasteiger partial charge >= 0.3 is 0 Å². The molecule has 1 aromatic rings. The van der Waals surface area contributed by atoms with Crippen molar-refractivity contribution in [2.24, 2.45) is 5.73 Å². The van der Waals surface area contributed by atoms with Gasteiger partial charge < -0.3 is 15.2 Å². The van der Waals surface area contributed by atoms with Gasteiger partial charge in [0.05, 0.1) is 17.7 Å². The highest BCUT2D eigenvalue weighted by Crippen LogP contribution is 2.31. The molecule has 2 unspecified atom stereocenters. The first-order valence-electron chi connectivity index (χ1n) is 4.63. The average Bonchev–Trinajstić information content (AvgIpc) is 2.66. The minimum Gasteiger partial charge on any atom is -0.346 e. The van der Waals surface area contributed by atoms with Crippen molar-refractivity contribution in [1.29, 1.82) is 0 Å². The zero-order valence-electron chi connectivity index (χ0n) is 7.95. The molecular weight excluding hydrogens is 221 g/mol. The van der Waals surface area contributed by atoms with Crippen LogP contribution < -0.4 is 5.73 Å². The summed E-state index contributed by atoms with van der Waals surface area (Å²) in [6, 6.07) is 4.12. The molecule has 3 nitrogen and oxygen atoms in total. The highest BCUT2D eigenvalue weighted by Gasteiger charge is 2.27. The molecular formula is C10H11ClFNO2. The lowest BCUT2D eigenvalue weighted by molar-refractivity contribution is -0.0584. The SMILES string of the molecule is NCC1COC(c2ccc(F)cc2Cl)O1. The van der Waals surface area contributed by atoms with Crippen LogP contribution in [0.2, 0.25) is 5.02 Å². The van der Waals surface area contributed by atoms with Gasteiger partial charge in [0, 0.05) is 12.1 Å². The molecule has 1 aliphatic heterocycles. The van der Waals surface area contributed by atoms with Gasteiger partial charge in [-0.2, -0.15) is 0 Å². The summed E-state index contributed by atoms with van der Waals surface area (Å²) in [4.78, 5) is 0. The lowest BCUT2D eigenvalue weighted by Gasteiger charge is -2.12. The van der Waals surface area contributed by atoms with E-state index < -0.39 is 6.29 Å². The van der Waals surface area contributed by atoms with E-state index in [0.29, 0.717) is 23.7 Å². The Morgan fingerprint density at radius 3 is 2.93 bits per heavy atom. The fraction of sp³-hybridized carbons (Fsp3) is 0.400. The molecule has 1 aliphatic rings. The Hall–Kier alpha value is -0.680. The van der Waals surface area contributed by atoms with Crippen molar-refractivity contribution in [3.63, 3.8) is 0 Å². The van der Waals surface area contributed by atoms with E-state index in [1.165, 1.54) is 12.1 Å². The Bertz CT molecular complexity index is 361. The summed E-state index contributed by atoms with van der Waals surface area (Å²) in [6.07, 6.45) is -0.650. The molecule has 2 rings (SSSR count). The maximum Gasteiger partial charge on any atom is 0.185 e. The van der Waals surface area contributed by atoms with Crippen LogP contribution in [-0.2, 0) is 9.47 Å². The van der Waals surface area contributed by atoms with Crippen molar-refractivity contribution in [3.05, 3.63) is 34.6 Å². The number of hydrogen-bond donors (Lipinski definition) is 1. The summed E-state index contributed by atoms with van der Waals surface area (Å²) in [6.45, 7) is 0.837. The van der Waals surface area contributed by atoms with E-state index in [2.05, 4.69) is 0 Å². The topological polar surface area (TPSA) is 44.5 Å². The van der Waals surface area contributed by atoms with E-state index in [4.69, 9.17) is 26.8 Å². The van der Waals surface area contributed by atoms with Crippen molar-refractivity contribution in [2.75, 3.05) is 13.2 Å². The predicted octanol–water partition coefficient (Wildman–Crippen LogP) is 1.85. The van der Waals surface area contributed by atoms with Gasteiger partial charge in [0.2, 0.25) is 0 Å². The zero-order valence-corrected chi connectivity index (χ0v) is 8.71. The number of halogens is 2. The van der Waals surface area contributed by atoms with Crippen LogP contribution in [0, 0.1) is 5.82 Å². The third-order valence-electron chi connectivity index (χ3n) is 2.23. The Morgan fingerprint density at radius 1 is 1.53 bits per heavy atom. The molecule has 1 fully saturated rings. The summed E-state index contributed by atoms with van der Waals surface area (Å²) >= 11 is 5.87. The second-order valence-electron chi connectivity index (χ2n) is 3.32. The van der Waals surface area contributed by atoms with E-state index in [9.17, 15) is 4.39 Å². The first kappa shape index (κ1) is 10.8. The second-order valence-corrected chi connectivity index (χ2v) is 3.73. The number of nitrogens with two attached hydrogens (primary N) is 1. The average molecular weight is 232 g/mol. The molecule has 1 heterocycles. The standard InChI is InChI=1S/C10H11ClFNO2/c11-9-3-6(12)1-2-8(9)10-14-5-7(4-13)15-10/h1-3,7,10H,4-5,13H2. The zero-order chi connectivity index (χ0) is 10.8. The summed E-state index contributed by atoms with van der Waals surface area (Å²) in [5.74, 6) is -0.378. The minimum atomic E-state index is -0.536. The number of benzene rings is 1. The van der Waals surface area contributed by atoms with Gasteiger partial charge in [0.25, 0.3) is 0 Å². The molecule has 0 spiro atoms. The van der Waals surface area contributed by atoms with Crippen molar-refractivity contribution in [1.82, 2.24) is 0 Å². The van der Waals surface area contributed by atoms with Crippen LogP contribution in [-0.4, -0.2) is 19.3 Å². The Labute approximate surface area is 91.9 Å². The minimum absolute atomic E-state index is 0.115. The first-order chi connectivity index (χ1) is 7.20. The molecule has 15 heavy (non-hydrogen) atoms. The molecule has 2 N–H and O–H groups in total. The van der Waals surface area contributed by atoms with Crippen molar-refractivity contribution < 1.29 is 13.9 Å². The fourth-order valence-corrected chi connectivity index (χ4v) is 1.68. The molecule has 0 aromatic heterocycles. The van der Waals surface area contributed by atoms with Crippen LogP contribution in [0.1, 0.15) is 11.9 Å². The van der Waals surface area contributed by atoms with E-state index >= 15 is 0 Å². The van der Waals surface area contributed by atoms with Crippen LogP contribution in [0.25, 0.3) is 0 Å². The fourth-order valence-electron chi connectivity index (χ4n) is 1.43. The molecule has 0 saturated carbocycles. The van der Waals surface area contributed by atoms with Crippen LogP contribution in [0.4, 0.5) is 4.39 Å². The maximum absolute atomic E-state index is 12.8. The first-order valence-corrected chi connectivity index (χ1v) is 5.00. The number of hydrogen-bond acceptors (Lipinski definition) is 3. The van der Waals surface area contributed by atoms with Gasteiger partial charge in [0.15, 0.2) is 6.29 Å². The van der Waals surface area contributed by atoms with E-state index in [1.54, 1.807) is 6.07 Å². The van der Waals surface area contributed by atoms with Crippen molar-refractivity contribution in [2.45, 2.75) is 12.4 Å². The third kappa shape index (κ3) is 2.29. The largest absolute Gasteiger partial charge is 0.346 e. The normalized spacial score (nSPS) is 25.8. The maximum atomic E-state index is 12.8. The smallest absolute Gasteiger partial charge is 0.185 e. The predicted molar refractivity (Wildman–Crippen MR) is 54.0 cm³/mol. The monoisotopic (exact) mass is 231 g/mol. The summed E-state index contributed by atoms with van der Waals surface area (Å²) in [5.41, 5.74) is 6.07. The second kappa shape index (κ2) is 4.45. The van der Waals surface area contributed by atoms with Crippen molar-refractivity contribution >= 4 is 11.6 Å². The summed E-state index contributed by atoms with van der Waals surface area (Å²) in [5, 5.41) is 0.303. The van der Waals surface area contributed by atoms with Crippen LogP contribution in [0.5, 0.6) is 0 Å². The molecule has 1 aromatic carbocycles. The van der Waals surface area contributed by atoms with E-state index in [1.807, 2.05) is 0 Å². The van der Waals surface area contributed by atoms with E-state index in [-0.39, 0.29) is 11.9 Å². The van der Waals surface area contributed by atoms with Crippen LogP contribution in [0.3, 0.4) is 0 Å². The van der Waals surface area contributed by atoms with Gasteiger partial charge in [-0.05, 0) is 18.2 Å². The third-order valence-corrected chi connectivity index (χ3v) is 2.56. The lowest BCUT2D eigenvalue weighted by atomic mass is 10.2. The van der Waals surface area contributed by atoms with Crippen molar-refractivity contribution in [3.8, 4) is 0 Å². The quantitative estimate of drug-likeness (QED) is 0.845. The molecule has 0 aliphatic carbocycles. The summed E-state index contributed by atoms with van der Waals surface area (Å²) < 4.78 is 23.6. The van der Waals surface area contributed by atoms with Gasteiger partial charge in [0.1, 0.15) is 5.82 Å². The molecule has 5 heteroatoms. The van der Waals surface area contributed by atoms with Gasteiger partial charge in [-0.3, -0.25) is 0 Å². The molecule has 2 atom stereocenters. The molecule has 1 saturated heterocycles. The lowest BCUT2D eigenvalue weighted by Crippen LogP contribution is -2.21. The number of ether oxygens (including phenoxy) is 2. The summed E-state index contributed by atoms with van der Waals surface area (Å²) in [7, 11) is 0. The Kier molecular flexibility index (Phi) is 3.21.